The molecular weight excluding hydrogens is 190 g/mol. The van der Waals surface area contributed by atoms with Gasteiger partial charge in [-0.05, 0) is 25.0 Å². The molecule has 3 nitrogen and oxygen atoms in total. The molecule has 0 saturated carbocycles. The Balaban J connectivity index is 1.86. The summed E-state index contributed by atoms with van der Waals surface area (Å²) in [7, 11) is 1.90. The first-order valence-corrected chi connectivity index (χ1v) is 5.41. The Kier molecular flexibility index (Phi) is 3.45. The average Bonchev–Trinajstić information content (AvgIpc) is 2.79. The Morgan fingerprint density at radius 3 is 3.20 bits per heavy atom. The van der Waals surface area contributed by atoms with Gasteiger partial charge in [0.15, 0.2) is 0 Å². The number of anilines is 1. The maximum absolute atomic E-state index is 5.67. The molecule has 1 aromatic carbocycles. The first-order valence-electron chi connectivity index (χ1n) is 5.41. The number of ether oxygens (including phenoxy) is 2. The third-order valence-electron chi connectivity index (χ3n) is 2.58. The minimum Gasteiger partial charge on any atom is -0.491 e. The molecule has 3 heteroatoms. The molecule has 0 bridgehead atoms. The van der Waals surface area contributed by atoms with Crippen molar-refractivity contribution in [1.29, 1.82) is 0 Å². The van der Waals surface area contributed by atoms with Crippen molar-refractivity contribution < 1.29 is 9.47 Å². The molecule has 0 aliphatic carbocycles. The monoisotopic (exact) mass is 207 g/mol. The quantitative estimate of drug-likeness (QED) is 0.821. The zero-order chi connectivity index (χ0) is 10.5. The standard InChI is InChI=1S/C12H17NO2/c1-13-10-4-2-5-11(8-10)15-9-12-6-3-7-14-12/h2,4-5,8,12-13H,3,6-7,9H2,1H3. The molecular formula is C12H17NO2. The van der Waals surface area contributed by atoms with Crippen molar-refractivity contribution in [2.24, 2.45) is 0 Å². The summed E-state index contributed by atoms with van der Waals surface area (Å²) in [5.41, 5.74) is 1.07. The maximum atomic E-state index is 5.67. The molecule has 1 atom stereocenters. The van der Waals surface area contributed by atoms with Crippen LogP contribution in [0.1, 0.15) is 12.8 Å². The highest BCUT2D eigenvalue weighted by atomic mass is 16.5. The molecule has 1 aromatic rings. The Hall–Kier alpha value is -1.22. The Morgan fingerprint density at radius 1 is 1.53 bits per heavy atom. The fourth-order valence-corrected chi connectivity index (χ4v) is 1.71. The van der Waals surface area contributed by atoms with Crippen LogP contribution in [0.15, 0.2) is 24.3 Å². The lowest BCUT2D eigenvalue weighted by atomic mass is 10.2. The second-order valence-corrected chi connectivity index (χ2v) is 3.72. The Morgan fingerprint density at radius 2 is 2.47 bits per heavy atom. The lowest BCUT2D eigenvalue weighted by molar-refractivity contribution is 0.0680. The lowest BCUT2D eigenvalue weighted by Crippen LogP contribution is -2.16. The van der Waals surface area contributed by atoms with Gasteiger partial charge in [-0.3, -0.25) is 0 Å². The van der Waals surface area contributed by atoms with E-state index >= 15 is 0 Å². The largest absolute Gasteiger partial charge is 0.491 e. The van der Waals surface area contributed by atoms with Crippen LogP contribution in [0.4, 0.5) is 5.69 Å². The van der Waals surface area contributed by atoms with Crippen LogP contribution in [0.3, 0.4) is 0 Å². The zero-order valence-corrected chi connectivity index (χ0v) is 9.03. The molecule has 0 aromatic heterocycles. The highest BCUT2D eigenvalue weighted by Gasteiger charge is 2.15. The normalized spacial score (nSPS) is 20.2. The van der Waals surface area contributed by atoms with Crippen LogP contribution < -0.4 is 10.1 Å². The van der Waals surface area contributed by atoms with Gasteiger partial charge in [-0.1, -0.05) is 6.07 Å². The van der Waals surface area contributed by atoms with Gasteiger partial charge in [0.2, 0.25) is 0 Å². The number of hydrogen-bond donors (Lipinski definition) is 1. The minimum absolute atomic E-state index is 0.281. The van der Waals surface area contributed by atoms with Gasteiger partial charge in [0, 0.05) is 25.4 Å². The number of rotatable bonds is 4. The van der Waals surface area contributed by atoms with Crippen molar-refractivity contribution in [2.75, 3.05) is 25.6 Å². The van der Waals surface area contributed by atoms with E-state index in [-0.39, 0.29) is 6.10 Å². The third-order valence-corrected chi connectivity index (χ3v) is 2.58. The minimum atomic E-state index is 0.281. The number of benzene rings is 1. The van der Waals surface area contributed by atoms with E-state index in [1.54, 1.807) is 0 Å². The van der Waals surface area contributed by atoms with Crippen LogP contribution in [-0.4, -0.2) is 26.4 Å². The molecule has 0 radical (unpaired) electrons. The van der Waals surface area contributed by atoms with Crippen LogP contribution in [0, 0.1) is 0 Å². The highest BCUT2D eigenvalue weighted by molar-refractivity contribution is 5.47. The second kappa shape index (κ2) is 5.03. The SMILES string of the molecule is CNc1cccc(OCC2CCCO2)c1. The van der Waals surface area contributed by atoms with Crippen molar-refractivity contribution in [3.05, 3.63) is 24.3 Å². The number of nitrogens with one attached hydrogen (secondary N) is 1. The van der Waals surface area contributed by atoms with Crippen LogP contribution in [0.2, 0.25) is 0 Å². The fraction of sp³-hybridized carbons (Fsp3) is 0.500. The van der Waals surface area contributed by atoms with E-state index in [2.05, 4.69) is 5.32 Å². The summed E-state index contributed by atoms with van der Waals surface area (Å²) in [5, 5.41) is 3.08. The van der Waals surface area contributed by atoms with E-state index in [0.717, 1.165) is 30.9 Å². The highest BCUT2D eigenvalue weighted by Crippen LogP contribution is 2.19. The van der Waals surface area contributed by atoms with Crippen molar-refractivity contribution >= 4 is 5.69 Å². The van der Waals surface area contributed by atoms with Crippen molar-refractivity contribution in [3.8, 4) is 5.75 Å². The van der Waals surface area contributed by atoms with Gasteiger partial charge >= 0.3 is 0 Å². The molecule has 0 amide bonds. The first kappa shape index (κ1) is 10.3. The molecule has 0 spiro atoms. The second-order valence-electron chi connectivity index (χ2n) is 3.72. The summed E-state index contributed by atoms with van der Waals surface area (Å²) in [6.45, 7) is 1.54. The molecule has 1 heterocycles. The molecule has 1 aliphatic heterocycles. The predicted octanol–water partition coefficient (Wildman–Crippen LogP) is 2.29. The molecule has 15 heavy (non-hydrogen) atoms. The van der Waals surface area contributed by atoms with Gasteiger partial charge in [0.1, 0.15) is 12.4 Å². The van der Waals surface area contributed by atoms with E-state index in [1.807, 2.05) is 31.3 Å². The molecule has 82 valence electrons. The predicted molar refractivity (Wildman–Crippen MR) is 60.5 cm³/mol. The first-order chi connectivity index (χ1) is 7.38. The Labute approximate surface area is 90.4 Å². The van der Waals surface area contributed by atoms with Gasteiger partial charge < -0.3 is 14.8 Å². The third kappa shape index (κ3) is 2.86. The van der Waals surface area contributed by atoms with Gasteiger partial charge in [0.25, 0.3) is 0 Å². The van der Waals surface area contributed by atoms with Crippen LogP contribution in [0.5, 0.6) is 5.75 Å². The fourth-order valence-electron chi connectivity index (χ4n) is 1.71. The van der Waals surface area contributed by atoms with Crippen LogP contribution in [-0.2, 0) is 4.74 Å². The van der Waals surface area contributed by atoms with E-state index in [1.165, 1.54) is 0 Å². The van der Waals surface area contributed by atoms with Crippen molar-refractivity contribution in [3.63, 3.8) is 0 Å². The average molecular weight is 207 g/mol. The molecule has 1 unspecified atom stereocenters. The molecule has 1 saturated heterocycles. The lowest BCUT2D eigenvalue weighted by Gasteiger charge is -2.12. The van der Waals surface area contributed by atoms with E-state index < -0.39 is 0 Å². The smallest absolute Gasteiger partial charge is 0.121 e. The van der Waals surface area contributed by atoms with Crippen LogP contribution in [0.25, 0.3) is 0 Å². The summed E-state index contributed by atoms with van der Waals surface area (Å²) in [6.07, 6.45) is 2.55. The summed E-state index contributed by atoms with van der Waals surface area (Å²) in [5.74, 6) is 0.900. The topological polar surface area (TPSA) is 30.5 Å². The van der Waals surface area contributed by atoms with Gasteiger partial charge in [-0.15, -0.1) is 0 Å². The summed E-state index contributed by atoms with van der Waals surface area (Å²) >= 11 is 0. The van der Waals surface area contributed by atoms with Gasteiger partial charge in [0.05, 0.1) is 6.10 Å². The van der Waals surface area contributed by atoms with E-state index in [9.17, 15) is 0 Å². The van der Waals surface area contributed by atoms with E-state index in [4.69, 9.17) is 9.47 Å². The van der Waals surface area contributed by atoms with E-state index in [0.29, 0.717) is 6.61 Å². The molecule has 1 N–H and O–H groups in total. The van der Waals surface area contributed by atoms with Crippen molar-refractivity contribution in [1.82, 2.24) is 0 Å². The van der Waals surface area contributed by atoms with Gasteiger partial charge in [-0.2, -0.15) is 0 Å². The molecule has 1 fully saturated rings. The van der Waals surface area contributed by atoms with Gasteiger partial charge in [-0.25, -0.2) is 0 Å². The van der Waals surface area contributed by atoms with Crippen LogP contribution >= 0.6 is 0 Å². The van der Waals surface area contributed by atoms with Crippen molar-refractivity contribution in [2.45, 2.75) is 18.9 Å². The summed E-state index contributed by atoms with van der Waals surface area (Å²) in [6, 6.07) is 7.96. The molecule has 2 rings (SSSR count). The Bertz CT molecular complexity index is 308. The zero-order valence-electron chi connectivity index (χ0n) is 9.03. The summed E-state index contributed by atoms with van der Waals surface area (Å²) < 4.78 is 11.2. The number of hydrogen-bond acceptors (Lipinski definition) is 3. The molecule has 1 aliphatic rings. The summed E-state index contributed by atoms with van der Waals surface area (Å²) in [4.78, 5) is 0. The maximum Gasteiger partial charge on any atom is 0.121 e.